The molecule has 0 aromatic heterocycles. The van der Waals surface area contributed by atoms with E-state index in [2.05, 4.69) is 21.9 Å². The summed E-state index contributed by atoms with van der Waals surface area (Å²) in [5.41, 5.74) is 2.24. The first-order chi connectivity index (χ1) is 10.6. The molecule has 2 rings (SSSR count). The highest BCUT2D eigenvalue weighted by molar-refractivity contribution is 5.50. The summed E-state index contributed by atoms with van der Waals surface area (Å²) in [6, 6.07) is 16.0. The molecule has 0 atom stereocenters. The molecule has 0 aliphatic carbocycles. The molecule has 0 saturated carbocycles. The lowest BCUT2D eigenvalue weighted by Gasteiger charge is -2.15. The number of nitrogens with zero attached hydrogens (tertiary/aromatic N) is 2. The molecule has 0 aliphatic heterocycles. The van der Waals surface area contributed by atoms with Crippen molar-refractivity contribution in [2.45, 2.75) is 0 Å². The van der Waals surface area contributed by atoms with Gasteiger partial charge in [-0.1, -0.05) is 12.1 Å². The Balaban J connectivity index is 1.82. The van der Waals surface area contributed by atoms with Crippen molar-refractivity contribution in [1.82, 2.24) is 0 Å². The minimum atomic E-state index is 0.517. The van der Waals surface area contributed by atoms with E-state index in [-0.39, 0.29) is 0 Å². The van der Waals surface area contributed by atoms with Gasteiger partial charge in [0.05, 0.1) is 0 Å². The van der Waals surface area contributed by atoms with Gasteiger partial charge in [0.25, 0.3) is 0 Å². The van der Waals surface area contributed by atoms with E-state index in [0.717, 1.165) is 22.9 Å². The lowest BCUT2D eigenvalue weighted by atomic mass is 10.3. The molecule has 118 valence electrons. The van der Waals surface area contributed by atoms with E-state index in [9.17, 15) is 0 Å². The number of benzene rings is 2. The number of hydrogen-bond acceptors (Lipinski definition) is 4. The summed E-state index contributed by atoms with van der Waals surface area (Å²) in [6.07, 6.45) is 0. The summed E-state index contributed by atoms with van der Waals surface area (Å²) in [7, 11) is 8.06. The van der Waals surface area contributed by atoms with E-state index >= 15 is 0 Å². The Kier molecular flexibility index (Phi) is 5.53. The normalized spacial score (nSPS) is 10.2. The summed E-state index contributed by atoms with van der Waals surface area (Å²) >= 11 is 0. The van der Waals surface area contributed by atoms with Crippen molar-refractivity contribution in [2.75, 3.05) is 51.2 Å². The van der Waals surface area contributed by atoms with Crippen molar-refractivity contribution in [3.8, 4) is 11.5 Å². The van der Waals surface area contributed by atoms with Crippen LogP contribution in [0.4, 0.5) is 11.4 Å². The zero-order valence-electron chi connectivity index (χ0n) is 13.7. The summed E-state index contributed by atoms with van der Waals surface area (Å²) < 4.78 is 11.5. The predicted octanol–water partition coefficient (Wildman–Crippen LogP) is 3.28. The molecule has 4 nitrogen and oxygen atoms in total. The van der Waals surface area contributed by atoms with Gasteiger partial charge in [0.1, 0.15) is 24.7 Å². The SMILES string of the molecule is CN(C)c1cccc(OCCOc2cccc(N(C)C)c2)c1. The number of ether oxygens (including phenoxy) is 2. The van der Waals surface area contributed by atoms with Gasteiger partial charge in [0.2, 0.25) is 0 Å². The second kappa shape index (κ2) is 7.59. The average molecular weight is 300 g/mol. The van der Waals surface area contributed by atoms with Gasteiger partial charge >= 0.3 is 0 Å². The third-order valence-corrected chi connectivity index (χ3v) is 3.29. The molecular formula is C18H24N2O2. The number of rotatable bonds is 7. The standard InChI is InChI=1S/C18H24N2O2/c1-19(2)15-7-5-9-17(13-15)21-11-12-22-18-10-6-8-16(14-18)20(3)4/h5-10,13-14H,11-12H2,1-4H3. The van der Waals surface area contributed by atoms with Crippen LogP contribution in [0.25, 0.3) is 0 Å². The molecule has 0 fully saturated rings. The fourth-order valence-corrected chi connectivity index (χ4v) is 2.02. The molecule has 0 unspecified atom stereocenters. The first kappa shape index (κ1) is 16.0. The highest BCUT2D eigenvalue weighted by atomic mass is 16.5. The Morgan fingerprint density at radius 1 is 0.682 bits per heavy atom. The fraction of sp³-hybridized carbons (Fsp3) is 0.333. The first-order valence-electron chi connectivity index (χ1n) is 7.36. The third-order valence-electron chi connectivity index (χ3n) is 3.29. The smallest absolute Gasteiger partial charge is 0.122 e. The second-order valence-corrected chi connectivity index (χ2v) is 5.48. The van der Waals surface area contributed by atoms with Crippen molar-refractivity contribution in [2.24, 2.45) is 0 Å². The zero-order valence-corrected chi connectivity index (χ0v) is 13.7. The van der Waals surface area contributed by atoms with Crippen LogP contribution in [-0.2, 0) is 0 Å². The van der Waals surface area contributed by atoms with Gasteiger partial charge in [-0.05, 0) is 24.3 Å². The molecule has 0 spiro atoms. The van der Waals surface area contributed by atoms with Crippen LogP contribution in [0.5, 0.6) is 11.5 Å². The van der Waals surface area contributed by atoms with Gasteiger partial charge in [0.15, 0.2) is 0 Å². The quantitative estimate of drug-likeness (QED) is 0.733. The van der Waals surface area contributed by atoms with Crippen molar-refractivity contribution in [3.05, 3.63) is 48.5 Å². The van der Waals surface area contributed by atoms with Crippen LogP contribution in [0.1, 0.15) is 0 Å². The Hall–Kier alpha value is -2.36. The number of hydrogen-bond donors (Lipinski definition) is 0. The minimum absolute atomic E-state index is 0.517. The molecule has 4 heteroatoms. The highest BCUT2D eigenvalue weighted by Gasteiger charge is 2.01. The Morgan fingerprint density at radius 3 is 1.45 bits per heavy atom. The summed E-state index contributed by atoms with van der Waals surface area (Å²) in [5, 5.41) is 0. The molecular weight excluding hydrogens is 276 g/mol. The third kappa shape index (κ3) is 4.58. The van der Waals surface area contributed by atoms with Crippen molar-refractivity contribution < 1.29 is 9.47 Å². The highest BCUT2D eigenvalue weighted by Crippen LogP contribution is 2.20. The molecule has 0 aliphatic rings. The van der Waals surface area contributed by atoms with E-state index in [1.165, 1.54) is 0 Å². The topological polar surface area (TPSA) is 24.9 Å². The molecule has 0 bridgehead atoms. The van der Waals surface area contributed by atoms with E-state index in [1.807, 2.05) is 64.6 Å². The van der Waals surface area contributed by atoms with Crippen LogP contribution in [0.15, 0.2) is 48.5 Å². The second-order valence-electron chi connectivity index (χ2n) is 5.48. The average Bonchev–Trinajstić information content (AvgIpc) is 2.52. The molecule has 2 aromatic carbocycles. The van der Waals surface area contributed by atoms with Crippen molar-refractivity contribution >= 4 is 11.4 Å². The molecule has 0 heterocycles. The van der Waals surface area contributed by atoms with Crippen LogP contribution >= 0.6 is 0 Å². The van der Waals surface area contributed by atoms with Gasteiger partial charge in [-0.3, -0.25) is 0 Å². The van der Waals surface area contributed by atoms with E-state index in [1.54, 1.807) is 0 Å². The maximum Gasteiger partial charge on any atom is 0.122 e. The molecule has 22 heavy (non-hydrogen) atoms. The Labute approximate surface area is 132 Å². The monoisotopic (exact) mass is 300 g/mol. The molecule has 0 N–H and O–H groups in total. The van der Waals surface area contributed by atoms with Crippen molar-refractivity contribution in [3.63, 3.8) is 0 Å². The molecule has 2 aromatic rings. The maximum absolute atomic E-state index is 5.73. The zero-order chi connectivity index (χ0) is 15.9. The van der Waals surface area contributed by atoms with Crippen LogP contribution in [0.2, 0.25) is 0 Å². The molecule has 0 amide bonds. The lowest BCUT2D eigenvalue weighted by molar-refractivity contribution is 0.217. The maximum atomic E-state index is 5.73. The van der Waals surface area contributed by atoms with E-state index in [0.29, 0.717) is 13.2 Å². The van der Waals surface area contributed by atoms with Gasteiger partial charge in [0, 0.05) is 51.7 Å². The van der Waals surface area contributed by atoms with Gasteiger partial charge in [-0.25, -0.2) is 0 Å². The van der Waals surface area contributed by atoms with Crippen molar-refractivity contribution in [1.29, 1.82) is 0 Å². The summed E-state index contributed by atoms with van der Waals surface area (Å²) in [4.78, 5) is 4.10. The Morgan fingerprint density at radius 2 is 1.09 bits per heavy atom. The first-order valence-corrected chi connectivity index (χ1v) is 7.36. The van der Waals surface area contributed by atoms with Crippen LogP contribution < -0.4 is 19.3 Å². The lowest BCUT2D eigenvalue weighted by Crippen LogP contribution is -2.11. The van der Waals surface area contributed by atoms with Crippen LogP contribution in [0.3, 0.4) is 0 Å². The summed E-state index contributed by atoms with van der Waals surface area (Å²) in [6.45, 7) is 1.03. The Bertz CT molecular complexity index is 544. The van der Waals surface area contributed by atoms with Crippen LogP contribution in [-0.4, -0.2) is 41.4 Å². The van der Waals surface area contributed by atoms with Gasteiger partial charge in [-0.15, -0.1) is 0 Å². The summed E-state index contributed by atoms with van der Waals surface area (Å²) in [5.74, 6) is 1.72. The predicted molar refractivity (Wildman–Crippen MR) is 92.5 cm³/mol. The van der Waals surface area contributed by atoms with Crippen LogP contribution in [0, 0.1) is 0 Å². The molecule has 0 saturated heterocycles. The van der Waals surface area contributed by atoms with Gasteiger partial charge in [-0.2, -0.15) is 0 Å². The minimum Gasteiger partial charge on any atom is -0.490 e. The molecule has 0 radical (unpaired) electrons. The fourth-order valence-electron chi connectivity index (χ4n) is 2.02. The van der Waals surface area contributed by atoms with E-state index < -0.39 is 0 Å². The van der Waals surface area contributed by atoms with E-state index in [4.69, 9.17) is 9.47 Å². The largest absolute Gasteiger partial charge is 0.490 e. The van der Waals surface area contributed by atoms with Gasteiger partial charge < -0.3 is 19.3 Å². The number of anilines is 2.